The zero-order valence-corrected chi connectivity index (χ0v) is 14.7. The molecule has 2 aromatic heterocycles. The standard InChI is InChI=1S/C19H23N5O/c1-14-11-15(2)24(21-14)16-7-9-22(12-16)19(25)8-10-23-13-20-17-5-3-4-6-18(17)23/h3-6,11,13,16H,7-10,12H2,1-2H3/t16-/m1/s1. The first kappa shape index (κ1) is 15.9. The van der Waals surface area contributed by atoms with Crippen LogP contribution in [-0.4, -0.2) is 43.2 Å². The topological polar surface area (TPSA) is 56.0 Å². The van der Waals surface area contributed by atoms with Gasteiger partial charge in [-0.25, -0.2) is 4.98 Å². The number of benzene rings is 1. The Bertz CT molecular complexity index is 910. The van der Waals surface area contributed by atoms with E-state index < -0.39 is 0 Å². The fourth-order valence-electron chi connectivity index (χ4n) is 3.75. The van der Waals surface area contributed by atoms with Crippen molar-refractivity contribution in [1.29, 1.82) is 0 Å². The Morgan fingerprint density at radius 3 is 2.92 bits per heavy atom. The van der Waals surface area contributed by atoms with Gasteiger partial charge in [-0.15, -0.1) is 0 Å². The Morgan fingerprint density at radius 1 is 1.28 bits per heavy atom. The van der Waals surface area contributed by atoms with Crippen molar-refractivity contribution in [3.8, 4) is 0 Å². The third-order valence-corrected chi connectivity index (χ3v) is 5.00. The van der Waals surface area contributed by atoms with E-state index in [1.54, 1.807) is 0 Å². The molecule has 0 radical (unpaired) electrons. The number of rotatable bonds is 4. The molecule has 1 fully saturated rings. The molecule has 25 heavy (non-hydrogen) atoms. The molecule has 6 heteroatoms. The summed E-state index contributed by atoms with van der Waals surface area (Å²) < 4.78 is 4.13. The van der Waals surface area contributed by atoms with Gasteiger partial charge in [-0.2, -0.15) is 5.10 Å². The molecule has 3 heterocycles. The second-order valence-corrected chi connectivity index (χ2v) is 6.83. The third kappa shape index (κ3) is 3.04. The first-order valence-electron chi connectivity index (χ1n) is 8.82. The number of carbonyl (C=O) groups excluding carboxylic acids is 1. The van der Waals surface area contributed by atoms with Crippen LogP contribution in [0.15, 0.2) is 36.7 Å². The minimum atomic E-state index is 0.210. The number of hydrogen-bond acceptors (Lipinski definition) is 3. The summed E-state index contributed by atoms with van der Waals surface area (Å²) in [5, 5.41) is 4.57. The van der Waals surface area contributed by atoms with Gasteiger partial charge in [0.15, 0.2) is 0 Å². The van der Waals surface area contributed by atoms with Gasteiger partial charge in [-0.05, 0) is 38.5 Å². The summed E-state index contributed by atoms with van der Waals surface area (Å²) in [5.41, 5.74) is 4.26. The van der Waals surface area contributed by atoms with Gasteiger partial charge in [-0.3, -0.25) is 9.48 Å². The molecule has 0 N–H and O–H groups in total. The number of likely N-dealkylation sites (tertiary alicyclic amines) is 1. The smallest absolute Gasteiger partial charge is 0.224 e. The molecule has 0 unspecified atom stereocenters. The number of aryl methyl sites for hydroxylation is 3. The fourth-order valence-corrected chi connectivity index (χ4v) is 3.75. The molecule has 0 bridgehead atoms. The van der Waals surface area contributed by atoms with Crippen LogP contribution in [0.2, 0.25) is 0 Å². The SMILES string of the molecule is Cc1cc(C)n([C@@H]2CCN(C(=O)CCn3cnc4ccccc43)C2)n1. The number of imidazole rings is 1. The maximum absolute atomic E-state index is 12.6. The van der Waals surface area contributed by atoms with Gasteiger partial charge in [0.25, 0.3) is 0 Å². The summed E-state index contributed by atoms with van der Waals surface area (Å²) in [6.45, 7) is 6.32. The van der Waals surface area contributed by atoms with Gasteiger partial charge >= 0.3 is 0 Å². The Hall–Kier alpha value is -2.63. The third-order valence-electron chi connectivity index (χ3n) is 5.00. The average Bonchev–Trinajstić information content (AvgIpc) is 3.31. The number of para-hydroxylation sites is 2. The quantitative estimate of drug-likeness (QED) is 0.735. The summed E-state index contributed by atoms with van der Waals surface area (Å²) in [4.78, 5) is 19.0. The summed E-state index contributed by atoms with van der Waals surface area (Å²) >= 11 is 0. The van der Waals surface area contributed by atoms with Crippen molar-refractivity contribution < 1.29 is 4.79 Å². The van der Waals surface area contributed by atoms with E-state index in [-0.39, 0.29) is 5.91 Å². The Kier molecular flexibility index (Phi) is 4.03. The highest BCUT2D eigenvalue weighted by Crippen LogP contribution is 2.23. The van der Waals surface area contributed by atoms with Gasteiger partial charge in [0.2, 0.25) is 5.91 Å². The zero-order valence-electron chi connectivity index (χ0n) is 14.7. The van der Waals surface area contributed by atoms with E-state index in [1.165, 1.54) is 5.69 Å². The van der Waals surface area contributed by atoms with E-state index in [9.17, 15) is 4.79 Å². The van der Waals surface area contributed by atoms with Crippen LogP contribution in [0.1, 0.15) is 30.3 Å². The van der Waals surface area contributed by atoms with Crippen LogP contribution < -0.4 is 0 Å². The van der Waals surface area contributed by atoms with E-state index in [2.05, 4.69) is 32.3 Å². The first-order chi connectivity index (χ1) is 12.1. The predicted molar refractivity (Wildman–Crippen MR) is 96.3 cm³/mol. The van der Waals surface area contributed by atoms with Crippen LogP contribution in [-0.2, 0) is 11.3 Å². The summed E-state index contributed by atoms with van der Waals surface area (Å²) in [7, 11) is 0. The summed E-state index contributed by atoms with van der Waals surface area (Å²) in [6, 6.07) is 10.4. The monoisotopic (exact) mass is 337 g/mol. The maximum atomic E-state index is 12.6. The summed E-state index contributed by atoms with van der Waals surface area (Å²) in [5.74, 6) is 0.210. The Morgan fingerprint density at radius 2 is 2.12 bits per heavy atom. The molecule has 1 amide bonds. The zero-order chi connectivity index (χ0) is 17.4. The molecule has 0 saturated carbocycles. The molecule has 0 aliphatic carbocycles. The van der Waals surface area contributed by atoms with E-state index in [0.717, 1.165) is 36.2 Å². The minimum absolute atomic E-state index is 0.210. The molecule has 6 nitrogen and oxygen atoms in total. The molecular formula is C19H23N5O. The lowest BCUT2D eigenvalue weighted by Crippen LogP contribution is -2.30. The van der Waals surface area contributed by atoms with Crippen molar-refractivity contribution >= 4 is 16.9 Å². The normalized spacial score (nSPS) is 17.5. The van der Waals surface area contributed by atoms with Gasteiger partial charge in [0.1, 0.15) is 0 Å². The van der Waals surface area contributed by atoms with Crippen LogP contribution in [0, 0.1) is 13.8 Å². The largest absolute Gasteiger partial charge is 0.340 e. The maximum Gasteiger partial charge on any atom is 0.224 e. The van der Waals surface area contributed by atoms with E-state index in [4.69, 9.17) is 0 Å². The highest BCUT2D eigenvalue weighted by molar-refractivity contribution is 5.77. The first-order valence-corrected chi connectivity index (χ1v) is 8.82. The van der Waals surface area contributed by atoms with Gasteiger partial charge < -0.3 is 9.47 Å². The van der Waals surface area contributed by atoms with Crippen LogP contribution >= 0.6 is 0 Å². The van der Waals surface area contributed by atoms with Crippen LogP contribution in [0.5, 0.6) is 0 Å². The van der Waals surface area contributed by atoms with Crippen molar-refractivity contribution in [3.05, 3.63) is 48.0 Å². The summed E-state index contributed by atoms with van der Waals surface area (Å²) in [6.07, 6.45) is 3.30. The molecule has 130 valence electrons. The Labute approximate surface area is 147 Å². The number of fused-ring (bicyclic) bond motifs is 1. The molecular weight excluding hydrogens is 314 g/mol. The van der Waals surface area contributed by atoms with Gasteiger partial charge in [-0.1, -0.05) is 12.1 Å². The van der Waals surface area contributed by atoms with Crippen molar-refractivity contribution in [2.75, 3.05) is 13.1 Å². The van der Waals surface area contributed by atoms with Gasteiger partial charge in [0, 0.05) is 31.7 Å². The van der Waals surface area contributed by atoms with E-state index in [0.29, 0.717) is 19.0 Å². The fraction of sp³-hybridized carbons (Fsp3) is 0.421. The van der Waals surface area contributed by atoms with E-state index in [1.807, 2.05) is 42.4 Å². The molecule has 3 aromatic rings. The van der Waals surface area contributed by atoms with Crippen molar-refractivity contribution in [2.24, 2.45) is 0 Å². The number of amides is 1. The molecule has 1 saturated heterocycles. The number of hydrogen-bond donors (Lipinski definition) is 0. The lowest BCUT2D eigenvalue weighted by molar-refractivity contribution is -0.130. The lowest BCUT2D eigenvalue weighted by atomic mass is 10.2. The second kappa shape index (κ2) is 6.35. The van der Waals surface area contributed by atoms with Crippen LogP contribution in [0.4, 0.5) is 0 Å². The molecule has 1 aromatic carbocycles. The number of nitrogens with zero attached hydrogens (tertiary/aromatic N) is 5. The van der Waals surface area contributed by atoms with Gasteiger partial charge in [0.05, 0.1) is 29.1 Å². The Balaban J connectivity index is 1.38. The van der Waals surface area contributed by atoms with E-state index >= 15 is 0 Å². The van der Waals surface area contributed by atoms with Crippen LogP contribution in [0.25, 0.3) is 11.0 Å². The average molecular weight is 337 g/mol. The number of aromatic nitrogens is 4. The second-order valence-electron chi connectivity index (χ2n) is 6.83. The van der Waals surface area contributed by atoms with Crippen molar-refractivity contribution in [2.45, 2.75) is 39.3 Å². The van der Waals surface area contributed by atoms with Crippen molar-refractivity contribution in [3.63, 3.8) is 0 Å². The predicted octanol–water partition coefficient (Wildman–Crippen LogP) is 2.71. The minimum Gasteiger partial charge on any atom is -0.340 e. The van der Waals surface area contributed by atoms with Crippen LogP contribution in [0.3, 0.4) is 0 Å². The highest BCUT2D eigenvalue weighted by Gasteiger charge is 2.28. The lowest BCUT2D eigenvalue weighted by Gasteiger charge is -2.17. The highest BCUT2D eigenvalue weighted by atomic mass is 16.2. The molecule has 4 rings (SSSR count). The molecule has 1 aliphatic rings. The van der Waals surface area contributed by atoms with Crippen molar-refractivity contribution in [1.82, 2.24) is 24.2 Å². The number of carbonyl (C=O) groups is 1. The molecule has 1 aliphatic heterocycles. The molecule has 0 spiro atoms. The molecule has 1 atom stereocenters.